The SMILES string of the molecule is CC(C)CC1CCN(C(=O)c2ccc(C(=O)O)cc2F)C1. The molecular formula is C16H20FNO3. The fourth-order valence-electron chi connectivity index (χ4n) is 2.87. The molecule has 0 aromatic heterocycles. The summed E-state index contributed by atoms with van der Waals surface area (Å²) in [6.07, 6.45) is 2.00. The number of nitrogens with zero attached hydrogens (tertiary/aromatic N) is 1. The molecular weight excluding hydrogens is 273 g/mol. The number of carboxylic acids is 1. The Morgan fingerprint density at radius 1 is 1.43 bits per heavy atom. The van der Waals surface area contributed by atoms with E-state index < -0.39 is 11.8 Å². The van der Waals surface area contributed by atoms with Crippen LogP contribution in [-0.4, -0.2) is 35.0 Å². The van der Waals surface area contributed by atoms with E-state index in [9.17, 15) is 14.0 Å². The van der Waals surface area contributed by atoms with Crippen molar-refractivity contribution in [3.05, 3.63) is 35.1 Å². The van der Waals surface area contributed by atoms with E-state index in [0.717, 1.165) is 18.9 Å². The largest absolute Gasteiger partial charge is 0.478 e. The molecule has 0 radical (unpaired) electrons. The zero-order valence-electron chi connectivity index (χ0n) is 12.3. The Morgan fingerprint density at radius 2 is 2.14 bits per heavy atom. The van der Waals surface area contributed by atoms with Crippen molar-refractivity contribution in [3.8, 4) is 0 Å². The first kappa shape index (κ1) is 15.5. The van der Waals surface area contributed by atoms with Crippen LogP contribution in [0.5, 0.6) is 0 Å². The summed E-state index contributed by atoms with van der Waals surface area (Å²) in [6.45, 7) is 5.58. The molecule has 1 unspecified atom stereocenters. The number of amides is 1. The molecule has 2 rings (SSSR count). The molecule has 1 atom stereocenters. The van der Waals surface area contributed by atoms with Gasteiger partial charge in [-0.1, -0.05) is 13.8 Å². The first-order chi connectivity index (χ1) is 9.88. The number of carboxylic acid groups (broad SMARTS) is 1. The quantitative estimate of drug-likeness (QED) is 0.928. The highest BCUT2D eigenvalue weighted by atomic mass is 19.1. The van der Waals surface area contributed by atoms with E-state index in [1.165, 1.54) is 12.1 Å². The van der Waals surface area contributed by atoms with Gasteiger partial charge in [-0.3, -0.25) is 4.79 Å². The topological polar surface area (TPSA) is 57.6 Å². The first-order valence-electron chi connectivity index (χ1n) is 7.20. The summed E-state index contributed by atoms with van der Waals surface area (Å²) < 4.78 is 13.9. The van der Waals surface area contributed by atoms with Crippen molar-refractivity contribution < 1.29 is 19.1 Å². The molecule has 1 heterocycles. The average Bonchev–Trinajstić information content (AvgIpc) is 2.85. The van der Waals surface area contributed by atoms with Crippen LogP contribution in [0.15, 0.2) is 18.2 Å². The van der Waals surface area contributed by atoms with Gasteiger partial charge in [-0.2, -0.15) is 0 Å². The standard InChI is InChI=1S/C16H20FNO3/c1-10(2)7-11-5-6-18(9-11)15(19)13-4-3-12(16(20)21)8-14(13)17/h3-4,8,10-11H,5-7,9H2,1-2H3,(H,20,21). The number of likely N-dealkylation sites (tertiary alicyclic amines) is 1. The van der Waals surface area contributed by atoms with Crippen LogP contribution in [0.25, 0.3) is 0 Å². The van der Waals surface area contributed by atoms with Crippen LogP contribution < -0.4 is 0 Å². The molecule has 1 N–H and O–H groups in total. The van der Waals surface area contributed by atoms with Gasteiger partial charge in [-0.05, 0) is 42.9 Å². The Labute approximate surface area is 123 Å². The zero-order valence-corrected chi connectivity index (χ0v) is 12.3. The minimum Gasteiger partial charge on any atom is -0.478 e. The lowest BCUT2D eigenvalue weighted by molar-refractivity contribution is 0.0693. The highest BCUT2D eigenvalue weighted by molar-refractivity contribution is 5.96. The number of hydrogen-bond donors (Lipinski definition) is 1. The molecule has 0 saturated carbocycles. The van der Waals surface area contributed by atoms with Gasteiger partial charge in [-0.15, -0.1) is 0 Å². The predicted octanol–water partition coefficient (Wildman–Crippen LogP) is 3.03. The zero-order chi connectivity index (χ0) is 15.6. The van der Waals surface area contributed by atoms with Gasteiger partial charge in [0.2, 0.25) is 0 Å². The summed E-state index contributed by atoms with van der Waals surface area (Å²) >= 11 is 0. The van der Waals surface area contributed by atoms with Crippen molar-refractivity contribution in [3.63, 3.8) is 0 Å². The van der Waals surface area contributed by atoms with E-state index >= 15 is 0 Å². The van der Waals surface area contributed by atoms with Crippen LogP contribution in [0.4, 0.5) is 4.39 Å². The van der Waals surface area contributed by atoms with Crippen LogP contribution >= 0.6 is 0 Å². The van der Waals surface area contributed by atoms with Gasteiger partial charge in [0.25, 0.3) is 5.91 Å². The fraction of sp³-hybridized carbons (Fsp3) is 0.500. The Balaban J connectivity index is 2.09. The van der Waals surface area contributed by atoms with Gasteiger partial charge < -0.3 is 10.0 Å². The molecule has 0 spiro atoms. The van der Waals surface area contributed by atoms with Crippen LogP contribution in [0, 0.1) is 17.7 Å². The van der Waals surface area contributed by atoms with Gasteiger partial charge in [0.1, 0.15) is 5.82 Å². The molecule has 0 aliphatic carbocycles. The van der Waals surface area contributed by atoms with Crippen molar-refractivity contribution in [2.24, 2.45) is 11.8 Å². The number of rotatable bonds is 4. The van der Waals surface area contributed by atoms with Crippen LogP contribution in [0.1, 0.15) is 47.4 Å². The van der Waals surface area contributed by atoms with E-state index in [4.69, 9.17) is 5.11 Å². The van der Waals surface area contributed by atoms with Crippen molar-refractivity contribution in [2.45, 2.75) is 26.7 Å². The molecule has 114 valence electrons. The summed E-state index contributed by atoms with van der Waals surface area (Å²) in [4.78, 5) is 24.8. The molecule has 1 aliphatic rings. The summed E-state index contributed by atoms with van der Waals surface area (Å²) in [5, 5.41) is 8.81. The molecule has 21 heavy (non-hydrogen) atoms. The minimum atomic E-state index is -1.20. The van der Waals surface area contributed by atoms with E-state index in [2.05, 4.69) is 13.8 Å². The lowest BCUT2D eigenvalue weighted by Gasteiger charge is -2.18. The first-order valence-corrected chi connectivity index (χ1v) is 7.20. The summed E-state index contributed by atoms with van der Waals surface area (Å²) in [6, 6.07) is 3.43. The monoisotopic (exact) mass is 293 g/mol. The maximum absolute atomic E-state index is 13.9. The smallest absolute Gasteiger partial charge is 0.335 e. The number of carbonyl (C=O) groups is 2. The molecule has 0 bridgehead atoms. The second-order valence-corrected chi connectivity index (χ2v) is 6.04. The number of aromatic carboxylic acids is 1. The van der Waals surface area contributed by atoms with E-state index in [1.54, 1.807) is 4.90 Å². The van der Waals surface area contributed by atoms with E-state index in [-0.39, 0.29) is 17.0 Å². The third-order valence-corrected chi connectivity index (χ3v) is 3.82. The molecule has 1 amide bonds. The number of benzene rings is 1. The third kappa shape index (κ3) is 3.60. The fourth-order valence-corrected chi connectivity index (χ4v) is 2.87. The highest BCUT2D eigenvalue weighted by Gasteiger charge is 2.28. The van der Waals surface area contributed by atoms with E-state index in [0.29, 0.717) is 24.9 Å². The second kappa shape index (κ2) is 6.24. The second-order valence-electron chi connectivity index (χ2n) is 6.04. The van der Waals surface area contributed by atoms with Crippen LogP contribution in [-0.2, 0) is 0 Å². The minimum absolute atomic E-state index is 0.0507. The number of halogens is 1. The molecule has 1 aliphatic heterocycles. The Morgan fingerprint density at radius 3 is 2.71 bits per heavy atom. The normalized spacial score (nSPS) is 18.3. The molecule has 1 aromatic rings. The van der Waals surface area contributed by atoms with Crippen molar-refractivity contribution in [2.75, 3.05) is 13.1 Å². The third-order valence-electron chi connectivity index (χ3n) is 3.82. The molecule has 5 heteroatoms. The summed E-state index contributed by atoms with van der Waals surface area (Å²) in [7, 11) is 0. The van der Waals surface area contributed by atoms with Gasteiger partial charge in [0, 0.05) is 13.1 Å². The molecule has 1 fully saturated rings. The Kier molecular flexibility index (Phi) is 4.60. The van der Waals surface area contributed by atoms with Gasteiger partial charge >= 0.3 is 5.97 Å². The van der Waals surface area contributed by atoms with Crippen molar-refractivity contribution >= 4 is 11.9 Å². The molecule has 1 aromatic carbocycles. The van der Waals surface area contributed by atoms with Crippen LogP contribution in [0.2, 0.25) is 0 Å². The van der Waals surface area contributed by atoms with Crippen molar-refractivity contribution in [1.29, 1.82) is 0 Å². The summed E-state index contributed by atoms with van der Waals surface area (Å²) in [5.41, 5.74) is -0.201. The van der Waals surface area contributed by atoms with Crippen molar-refractivity contribution in [1.82, 2.24) is 4.90 Å². The Hall–Kier alpha value is -1.91. The number of carbonyl (C=O) groups excluding carboxylic acids is 1. The van der Waals surface area contributed by atoms with Crippen LogP contribution in [0.3, 0.4) is 0 Å². The maximum atomic E-state index is 13.9. The van der Waals surface area contributed by atoms with Gasteiger partial charge in [0.05, 0.1) is 11.1 Å². The Bertz CT molecular complexity index is 556. The number of hydrogen-bond acceptors (Lipinski definition) is 2. The summed E-state index contributed by atoms with van der Waals surface area (Å²) in [5.74, 6) is -1.28. The lowest BCUT2D eigenvalue weighted by Crippen LogP contribution is -2.29. The lowest BCUT2D eigenvalue weighted by atomic mass is 9.97. The molecule has 4 nitrogen and oxygen atoms in total. The maximum Gasteiger partial charge on any atom is 0.335 e. The van der Waals surface area contributed by atoms with Gasteiger partial charge in [0.15, 0.2) is 0 Å². The average molecular weight is 293 g/mol. The van der Waals surface area contributed by atoms with Gasteiger partial charge in [-0.25, -0.2) is 9.18 Å². The molecule has 1 saturated heterocycles. The highest BCUT2D eigenvalue weighted by Crippen LogP contribution is 2.25. The predicted molar refractivity (Wildman–Crippen MR) is 76.8 cm³/mol. The van der Waals surface area contributed by atoms with E-state index in [1.807, 2.05) is 0 Å².